The molecule has 0 fully saturated rings. The number of halogens is 3. The fraction of sp³-hybridized carbons (Fsp3) is 0.267. The van der Waals surface area contributed by atoms with Crippen molar-refractivity contribution in [2.75, 3.05) is 18.5 Å². The molecule has 1 aromatic carbocycles. The number of anilines is 1. The molecule has 0 spiro atoms. The molecule has 0 atom stereocenters. The van der Waals surface area contributed by atoms with Crippen molar-refractivity contribution in [1.82, 2.24) is 4.98 Å². The number of carbonyl (C=O) groups excluding carboxylic acids is 2. The van der Waals surface area contributed by atoms with Gasteiger partial charge in [0.15, 0.2) is 11.7 Å². The molecule has 0 aliphatic carbocycles. The second-order valence-corrected chi connectivity index (χ2v) is 6.91. The zero-order valence-corrected chi connectivity index (χ0v) is 16.3. The summed E-state index contributed by atoms with van der Waals surface area (Å²) in [6.45, 7) is 3.31. The fourth-order valence-corrected chi connectivity index (χ4v) is 3.22. The first-order chi connectivity index (χ1) is 11.8. The Hall–Kier alpha value is -1.54. The molecule has 1 N–H and O–H groups in total. The molecule has 2 rings (SSSR count). The summed E-state index contributed by atoms with van der Waals surface area (Å²) in [4.78, 5) is 28.2. The van der Waals surface area contributed by atoms with Crippen molar-refractivity contribution < 1.29 is 19.1 Å². The highest BCUT2D eigenvalue weighted by Gasteiger charge is 2.18. The number of hydrogen-bond donors (Lipinski definition) is 1. The number of hydrogen-bond acceptors (Lipinski definition) is 6. The van der Waals surface area contributed by atoms with Gasteiger partial charge < -0.3 is 9.47 Å². The number of aryl methyl sites for hydroxylation is 1. The summed E-state index contributed by atoms with van der Waals surface area (Å²) < 4.78 is 10.3. The fourth-order valence-electron chi connectivity index (χ4n) is 1.75. The maximum atomic E-state index is 12.0. The highest BCUT2D eigenvalue weighted by atomic mass is 35.5. The molecule has 0 aliphatic heterocycles. The molecule has 1 amide bonds. The molecular weight excluding hydrogens is 411 g/mol. The van der Waals surface area contributed by atoms with Gasteiger partial charge in [0.1, 0.15) is 10.6 Å². The standard InChI is InChI=1S/C15H13Cl3N2O4S/c1-3-23-14(22)13-7(2)19-15(25-13)20-12(21)6-24-11-5-9(17)8(16)4-10(11)18/h4-5H,3,6H2,1-2H3,(H,19,20,21). The second-order valence-electron chi connectivity index (χ2n) is 4.69. The lowest BCUT2D eigenvalue weighted by Gasteiger charge is -2.08. The van der Waals surface area contributed by atoms with Gasteiger partial charge in [0.05, 0.1) is 27.4 Å². The van der Waals surface area contributed by atoms with Crippen molar-refractivity contribution in [3.8, 4) is 5.75 Å². The van der Waals surface area contributed by atoms with Gasteiger partial charge in [-0.1, -0.05) is 46.1 Å². The van der Waals surface area contributed by atoms with Gasteiger partial charge in [-0.2, -0.15) is 0 Å². The molecule has 0 unspecified atom stereocenters. The van der Waals surface area contributed by atoms with E-state index in [1.165, 1.54) is 12.1 Å². The maximum Gasteiger partial charge on any atom is 0.350 e. The van der Waals surface area contributed by atoms with Gasteiger partial charge in [-0.25, -0.2) is 9.78 Å². The molecular formula is C15H13Cl3N2O4S. The van der Waals surface area contributed by atoms with Gasteiger partial charge in [0.2, 0.25) is 0 Å². The van der Waals surface area contributed by atoms with E-state index in [1.54, 1.807) is 13.8 Å². The molecule has 10 heteroatoms. The number of amides is 1. The zero-order valence-electron chi connectivity index (χ0n) is 13.2. The van der Waals surface area contributed by atoms with E-state index in [2.05, 4.69) is 10.3 Å². The summed E-state index contributed by atoms with van der Waals surface area (Å²) in [6, 6.07) is 2.85. The number of nitrogens with one attached hydrogen (secondary N) is 1. The first-order valence-electron chi connectivity index (χ1n) is 7.03. The quantitative estimate of drug-likeness (QED) is 0.542. The van der Waals surface area contributed by atoms with E-state index in [4.69, 9.17) is 44.3 Å². The number of esters is 1. The number of carbonyl (C=O) groups is 2. The van der Waals surface area contributed by atoms with E-state index < -0.39 is 11.9 Å². The first kappa shape index (κ1) is 19.8. The number of ether oxygens (including phenoxy) is 2. The van der Waals surface area contributed by atoms with Crippen LogP contribution in [0.4, 0.5) is 5.13 Å². The smallest absolute Gasteiger partial charge is 0.350 e. The molecule has 0 bridgehead atoms. The highest BCUT2D eigenvalue weighted by Crippen LogP contribution is 2.33. The lowest BCUT2D eigenvalue weighted by molar-refractivity contribution is -0.118. The van der Waals surface area contributed by atoms with Crippen LogP contribution >= 0.6 is 46.1 Å². The number of nitrogens with zero attached hydrogens (tertiary/aromatic N) is 1. The Morgan fingerprint density at radius 1 is 1.20 bits per heavy atom. The number of thiazole rings is 1. The van der Waals surface area contributed by atoms with E-state index in [0.717, 1.165) is 11.3 Å². The summed E-state index contributed by atoms with van der Waals surface area (Å²) in [5.41, 5.74) is 0.479. The lowest BCUT2D eigenvalue weighted by atomic mass is 10.3. The van der Waals surface area contributed by atoms with Crippen molar-refractivity contribution in [2.24, 2.45) is 0 Å². The van der Waals surface area contributed by atoms with Crippen LogP contribution in [0.5, 0.6) is 5.75 Å². The van der Waals surface area contributed by atoms with Crippen LogP contribution in [0.15, 0.2) is 12.1 Å². The monoisotopic (exact) mass is 422 g/mol. The Morgan fingerprint density at radius 2 is 1.88 bits per heavy atom. The van der Waals surface area contributed by atoms with Gasteiger partial charge in [-0.05, 0) is 19.9 Å². The molecule has 0 radical (unpaired) electrons. The molecule has 2 aromatic rings. The molecule has 1 aromatic heterocycles. The molecule has 1 heterocycles. The average molecular weight is 424 g/mol. The Kier molecular flexibility index (Phi) is 6.89. The Morgan fingerprint density at radius 3 is 2.56 bits per heavy atom. The minimum absolute atomic E-state index is 0.230. The Bertz CT molecular complexity index is 810. The van der Waals surface area contributed by atoms with Crippen LogP contribution in [0.1, 0.15) is 22.3 Å². The van der Waals surface area contributed by atoms with E-state index in [1.807, 2.05) is 0 Å². The van der Waals surface area contributed by atoms with Gasteiger partial charge >= 0.3 is 5.97 Å². The number of benzene rings is 1. The highest BCUT2D eigenvalue weighted by molar-refractivity contribution is 7.17. The van der Waals surface area contributed by atoms with Gasteiger partial charge in [0.25, 0.3) is 5.91 Å². The van der Waals surface area contributed by atoms with Crippen molar-refractivity contribution in [2.45, 2.75) is 13.8 Å². The van der Waals surface area contributed by atoms with E-state index in [9.17, 15) is 9.59 Å². The zero-order chi connectivity index (χ0) is 18.6. The summed E-state index contributed by atoms with van der Waals surface area (Å²) in [6.07, 6.45) is 0. The van der Waals surface area contributed by atoms with Crippen LogP contribution in [0.2, 0.25) is 15.1 Å². The normalized spacial score (nSPS) is 10.4. The summed E-state index contributed by atoms with van der Waals surface area (Å²) in [5.74, 6) is -0.711. The van der Waals surface area contributed by atoms with Crippen LogP contribution in [0.3, 0.4) is 0 Å². The van der Waals surface area contributed by atoms with Crippen molar-refractivity contribution in [3.63, 3.8) is 0 Å². The molecule has 0 aliphatic rings. The van der Waals surface area contributed by atoms with Gasteiger partial charge in [0, 0.05) is 6.07 Å². The van der Waals surface area contributed by atoms with Crippen LogP contribution in [-0.4, -0.2) is 30.1 Å². The third kappa shape index (κ3) is 5.22. The van der Waals surface area contributed by atoms with Crippen LogP contribution in [0, 0.1) is 6.92 Å². The SMILES string of the molecule is CCOC(=O)c1sc(NC(=O)COc2cc(Cl)c(Cl)cc2Cl)nc1C. The molecule has 134 valence electrons. The Labute approximate surface area is 163 Å². The van der Waals surface area contributed by atoms with Crippen molar-refractivity contribution in [1.29, 1.82) is 0 Å². The predicted octanol–water partition coefficient (Wildman–Crippen LogP) is 4.61. The largest absolute Gasteiger partial charge is 0.482 e. The second kappa shape index (κ2) is 8.71. The van der Waals surface area contributed by atoms with Crippen molar-refractivity contribution >= 4 is 63.1 Å². The topological polar surface area (TPSA) is 77.5 Å². The Balaban J connectivity index is 1.98. The summed E-state index contributed by atoms with van der Waals surface area (Å²) in [7, 11) is 0. The van der Waals surface area contributed by atoms with Gasteiger partial charge in [-0.3, -0.25) is 10.1 Å². The molecule has 25 heavy (non-hydrogen) atoms. The van der Waals surface area contributed by atoms with E-state index in [-0.39, 0.29) is 39.2 Å². The molecule has 6 nitrogen and oxygen atoms in total. The maximum absolute atomic E-state index is 12.0. The summed E-state index contributed by atoms with van der Waals surface area (Å²) >= 11 is 18.7. The molecule has 0 saturated carbocycles. The third-order valence-electron chi connectivity index (χ3n) is 2.84. The van der Waals surface area contributed by atoms with Crippen LogP contribution in [0.25, 0.3) is 0 Å². The third-order valence-corrected chi connectivity index (χ3v) is 4.91. The number of rotatable bonds is 6. The summed E-state index contributed by atoms with van der Waals surface area (Å²) in [5, 5.41) is 3.60. The van der Waals surface area contributed by atoms with Crippen LogP contribution < -0.4 is 10.1 Å². The van der Waals surface area contributed by atoms with Gasteiger partial charge in [-0.15, -0.1) is 0 Å². The number of aromatic nitrogens is 1. The van der Waals surface area contributed by atoms with Crippen LogP contribution in [-0.2, 0) is 9.53 Å². The van der Waals surface area contributed by atoms with E-state index >= 15 is 0 Å². The lowest BCUT2D eigenvalue weighted by Crippen LogP contribution is -2.20. The minimum Gasteiger partial charge on any atom is -0.482 e. The predicted molar refractivity (Wildman–Crippen MR) is 98.4 cm³/mol. The molecule has 0 saturated heterocycles. The minimum atomic E-state index is -0.475. The average Bonchev–Trinajstić information content (AvgIpc) is 2.90. The van der Waals surface area contributed by atoms with E-state index in [0.29, 0.717) is 10.6 Å². The van der Waals surface area contributed by atoms with Crippen molar-refractivity contribution in [3.05, 3.63) is 37.8 Å². The first-order valence-corrected chi connectivity index (χ1v) is 8.98.